The van der Waals surface area contributed by atoms with Crippen LogP contribution < -0.4 is 10.9 Å². The van der Waals surface area contributed by atoms with Gasteiger partial charge in [0.15, 0.2) is 0 Å². The number of carbonyl (C=O) groups is 1. The minimum absolute atomic E-state index is 0.0661. The van der Waals surface area contributed by atoms with Gasteiger partial charge < -0.3 is 5.32 Å². The molecule has 3 aromatic heterocycles. The van der Waals surface area contributed by atoms with E-state index in [4.69, 9.17) is 0 Å². The van der Waals surface area contributed by atoms with Crippen molar-refractivity contribution in [1.82, 2.24) is 29.9 Å². The molecule has 0 saturated heterocycles. The quantitative estimate of drug-likeness (QED) is 0.721. The van der Waals surface area contributed by atoms with Crippen molar-refractivity contribution in [3.8, 4) is 0 Å². The predicted molar refractivity (Wildman–Crippen MR) is 92.7 cm³/mol. The highest BCUT2D eigenvalue weighted by molar-refractivity contribution is 7.09. The Morgan fingerprint density at radius 2 is 2.16 bits per heavy atom. The Kier molecular flexibility index (Phi) is 4.08. The molecule has 0 fully saturated rings. The highest BCUT2D eigenvalue weighted by Crippen LogP contribution is 2.16. The van der Waals surface area contributed by atoms with Crippen LogP contribution in [-0.4, -0.2) is 30.5 Å². The smallest absolute Gasteiger partial charge is 0.277 e. The van der Waals surface area contributed by atoms with E-state index in [1.807, 2.05) is 12.3 Å². The topological polar surface area (TPSA) is 105 Å². The van der Waals surface area contributed by atoms with Crippen LogP contribution in [0.25, 0.3) is 5.78 Å². The van der Waals surface area contributed by atoms with Crippen molar-refractivity contribution in [2.75, 3.05) is 0 Å². The Bertz CT molecular complexity index is 1000. The molecule has 4 rings (SSSR count). The molecule has 1 aliphatic rings. The van der Waals surface area contributed by atoms with Crippen LogP contribution in [0.3, 0.4) is 0 Å². The van der Waals surface area contributed by atoms with E-state index in [1.165, 1.54) is 4.52 Å². The van der Waals surface area contributed by atoms with E-state index in [1.54, 1.807) is 11.3 Å². The Hall–Kier alpha value is -2.55. The number of aromatic nitrogens is 5. The summed E-state index contributed by atoms with van der Waals surface area (Å²) in [6.07, 6.45) is 3.69. The number of thiazole rings is 1. The van der Waals surface area contributed by atoms with E-state index in [2.05, 4.69) is 25.4 Å². The van der Waals surface area contributed by atoms with Gasteiger partial charge in [-0.1, -0.05) is 0 Å². The van der Waals surface area contributed by atoms with Gasteiger partial charge in [0.2, 0.25) is 5.91 Å². The largest absolute Gasteiger partial charge is 0.350 e. The summed E-state index contributed by atoms with van der Waals surface area (Å²) in [5.74, 6) is 0.588. The lowest BCUT2D eigenvalue weighted by molar-refractivity contribution is -0.120. The summed E-state index contributed by atoms with van der Waals surface area (Å²) >= 11 is 1.55. The maximum absolute atomic E-state index is 12.5. The molecule has 0 saturated carbocycles. The molecule has 3 heterocycles. The van der Waals surface area contributed by atoms with E-state index in [0.717, 1.165) is 47.6 Å². The molecule has 0 aromatic carbocycles. The van der Waals surface area contributed by atoms with Crippen LogP contribution in [-0.2, 0) is 30.6 Å². The van der Waals surface area contributed by atoms with E-state index in [-0.39, 0.29) is 17.9 Å². The minimum Gasteiger partial charge on any atom is -0.350 e. The number of carbonyl (C=O) groups excluding carboxylic acids is 1. The monoisotopic (exact) mass is 358 g/mol. The molecule has 0 unspecified atom stereocenters. The molecule has 0 spiro atoms. The second-order valence-electron chi connectivity index (χ2n) is 6.17. The molecule has 0 bridgehead atoms. The summed E-state index contributed by atoms with van der Waals surface area (Å²) in [6, 6.07) is 0. The number of aryl methyl sites for hydroxylation is 2. The number of hydrogen-bond acceptors (Lipinski definition) is 6. The summed E-state index contributed by atoms with van der Waals surface area (Å²) in [7, 11) is 0. The normalized spacial score (nSPS) is 13.8. The van der Waals surface area contributed by atoms with Gasteiger partial charge in [0.1, 0.15) is 5.82 Å². The Balaban J connectivity index is 1.50. The number of hydrogen-bond donors (Lipinski definition) is 2. The van der Waals surface area contributed by atoms with E-state index in [9.17, 15) is 9.59 Å². The standard InChI is InChI=1S/C16H18N6O2S/c1-9-18-10(8-25-9)7-17-14(23)6-13-20-16-19-12-5-3-2-4-11(12)15(24)22(16)21-13/h8H,2-7H2,1H3,(H,17,23)(H,19,20,21). The molecule has 25 heavy (non-hydrogen) atoms. The number of fused-ring (bicyclic) bond motifs is 2. The van der Waals surface area contributed by atoms with Gasteiger partial charge in [0.05, 0.1) is 29.4 Å². The first kappa shape index (κ1) is 15.9. The third kappa shape index (κ3) is 3.19. The SMILES string of the molecule is Cc1nc(CNC(=O)Cc2nc3nc4c(c(=O)n3[nH]2)CCCC4)cs1. The summed E-state index contributed by atoms with van der Waals surface area (Å²) in [5.41, 5.74) is 2.35. The molecule has 2 N–H and O–H groups in total. The van der Waals surface area contributed by atoms with Gasteiger partial charge in [0, 0.05) is 10.9 Å². The molecule has 0 aliphatic heterocycles. The van der Waals surface area contributed by atoms with Crippen molar-refractivity contribution in [3.05, 3.63) is 43.5 Å². The number of nitrogens with one attached hydrogen (secondary N) is 2. The van der Waals surface area contributed by atoms with Gasteiger partial charge >= 0.3 is 0 Å². The predicted octanol–water partition coefficient (Wildman–Crippen LogP) is 0.920. The van der Waals surface area contributed by atoms with Crippen LogP contribution in [0.1, 0.15) is 40.6 Å². The van der Waals surface area contributed by atoms with Crippen molar-refractivity contribution in [3.63, 3.8) is 0 Å². The maximum atomic E-state index is 12.5. The fourth-order valence-electron chi connectivity index (χ4n) is 3.06. The zero-order chi connectivity index (χ0) is 17.4. The van der Waals surface area contributed by atoms with E-state index >= 15 is 0 Å². The second-order valence-corrected chi connectivity index (χ2v) is 7.23. The Morgan fingerprint density at radius 3 is 2.96 bits per heavy atom. The fourth-order valence-corrected chi connectivity index (χ4v) is 3.67. The van der Waals surface area contributed by atoms with Crippen LogP contribution in [0, 0.1) is 6.92 Å². The van der Waals surface area contributed by atoms with Crippen molar-refractivity contribution in [2.45, 2.75) is 45.6 Å². The van der Waals surface area contributed by atoms with Gasteiger partial charge in [-0.15, -0.1) is 11.3 Å². The van der Waals surface area contributed by atoms with Crippen LogP contribution in [0.4, 0.5) is 0 Å². The molecular weight excluding hydrogens is 340 g/mol. The van der Waals surface area contributed by atoms with Crippen molar-refractivity contribution in [2.24, 2.45) is 0 Å². The average molecular weight is 358 g/mol. The van der Waals surface area contributed by atoms with Crippen molar-refractivity contribution in [1.29, 1.82) is 0 Å². The highest BCUT2D eigenvalue weighted by Gasteiger charge is 2.19. The third-order valence-electron chi connectivity index (χ3n) is 4.27. The summed E-state index contributed by atoms with van der Waals surface area (Å²) in [5, 5.41) is 8.61. The van der Waals surface area contributed by atoms with Crippen molar-refractivity contribution >= 4 is 23.0 Å². The van der Waals surface area contributed by atoms with E-state index < -0.39 is 0 Å². The maximum Gasteiger partial charge on any atom is 0.277 e. The lowest BCUT2D eigenvalue weighted by Gasteiger charge is -2.12. The number of H-pyrrole nitrogens is 1. The lowest BCUT2D eigenvalue weighted by atomic mass is 9.97. The summed E-state index contributed by atoms with van der Waals surface area (Å²) in [4.78, 5) is 37.7. The Morgan fingerprint density at radius 1 is 1.32 bits per heavy atom. The van der Waals surface area contributed by atoms with E-state index in [0.29, 0.717) is 18.1 Å². The highest BCUT2D eigenvalue weighted by atomic mass is 32.1. The first-order valence-electron chi connectivity index (χ1n) is 8.27. The third-order valence-corrected chi connectivity index (χ3v) is 5.09. The van der Waals surface area contributed by atoms with Crippen molar-refractivity contribution < 1.29 is 4.79 Å². The van der Waals surface area contributed by atoms with Crippen LogP contribution in [0.5, 0.6) is 0 Å². The Labute approximate surface area is 147 Å². The fraction of sp³-hybridized carbons (Fsp3) is 0.438. The lowest BCUT2D eigenvalue weighted by Crippen LogP contribution is -2.26. The molecular formula is C16H18N6O2S. The second kappa shape index (κ2) is 6.40. The molecule has 9 heteroatoms. The molecule has 8 nitrogen and oxygen atoms in total. The number of amides is 1. The average Bonchev–Trinajstić information content (AvgIpc) is 3.19. The minimum atomic E-state index is -0.178. The first-order valence-corrected chi connectivity index (χ1v) is 9.15. The van der Waals surface area contributed by atoms with Crippen LogP contribution in [0.15, 0.2) is 10.2 Å². The summed E-state index contributed by atoms with van der Waals surface area (Å²) in [6.45, 7) is 2.31. The molecule has 1 amide bonds. The molecule has 1 aliphatic carbocycles. The van der Waals surface area contributed by atoms with Crippen LogP contribution >= 0.6 is 11.3 Å². The molecule has 3 aromatic rings. The zero-order valence-electron chi connectivity index (χ0n) is 13.8. The van der Waals surface area contributed by atoms with Gasteiger partial charge in [0.25, 0.3) is 11.3 Å². The molecule has 0 atom stereocenters. The summed E-state index contributed by atoms with van der Waals surface area (Å²) < 4.78 is 1.34. The van der Waals surface area contributed by atoms with Gasteiger partial charge in [-0.2, -0.15) is 9.50 Å². The van der Waals surface area contributed by atoms with Crippen LogP contribution in [0.2, 0.25) is 0 Å². The van der Waals surface area contributed by atoms with Gasteiger partial charge in [-0.3, -0.25) is 14.7 Å². The number of aromatic amines is 1. The molecule has 0 radical (unpaired) electrons. The molecule has 130 valence electrons. The number of rotatable bonds is 4. The zero-order valence-corrected chi connectivity index (χ0v) is 14.7. The number of nitrogens with zero attached hydrogens (tertiary/aromatic N) is 4. The first-order chi connectivity index (χ1) is 12.1. The van der Waals surface area contributed by atoms with Gasteiger partial charge in [-0.05, 0) is 32.6 Å². The van der Waals surface area contributed by atoms with Gasteiger partial charge in [-0.25, -0.2) is 9.97 Å².